The maximum Gasteiger partial charge on any atom is 0.252 e. The first-order valence-electron chi connectivity index (χ1n) is 6.16. The molecule has 4 nitrogen and oxygen atoms in total. The normalized spacial score (nSPS) is 11.9. The Kier molecular flexibility index (Phi) is 3.80. The second kappa shape index (κ2) is 5.52. The lowest BCUT2D eigenvalue weighted by Gasteiger charge is -2.15. The van der Waals surface area contributed by atoms with Crippen LogP contribution in [0.25, 0.3) is 0 Å². The summed E-state index contributed by atoms with van der Waals surface area (Å²) in [5.41, 5.74) is 8.66. The van der Waals surface area contributed by atoms with Crippen LogP contribution in [0.5, 0.6) is 0 Å². The average molecular weight is 255 g/mol. The molecule has 1 aromatic heterocycles. The molecule has 0 aliphatic heterocycles. The molecule has 1 atom stereocenters. The van der Waals surface area contributed by atoms with Crippen molar-refractivity contribution in [2.45, 2.75) is 19.9 Å². The van der Waals surface area contributed by atoms with Crippen LogP contribution in [0.4, 0.5) is 5.69 Å². The zero-order valence-corrected chi connectivity index (χ0v) is 11.1. The van der Waals surface area contributed by atoms with Gasteiger partial charge in [-0.3, -0.25) is 9.78 Å². The molecule has 98 valence electrons. The van der Waals surface area contributed by atoms with Gasteiger partial charge < -0.3 is 11.1 Å². The molecule has 1 amide bonds. The fourth-order valence-corrected chi connectivity index (χ4v) is 1.88. The van der Waals surface area contributed by atoms with Crippen LogP contribution in [0, 0.1) is 6.92 Å². The number of aromatic nitrogens is 1. The van der Waals surface area contributed by atoms with Crippen molar-refractivity contribution in [3.05, 3.63) is 59.4 Å². The van der Waals surface area contributed by atoms with Gasteiger partial charge in [-0.2, -0.15) is 0 Å². The topological polar surface area (TPSA) is 68.0 Å². The molecule has 0 saturated carbocycles. The lowest BCUT2D eigenvalue weighted by Crippen LogP contribution is -2.27. The SMILES string of the molecule is Cc1c(N)cccc1C(=O)NC(C)c1ccccn1. The van der Waals surface area contributed by atoms with Crippen LogP contribution in [-0.2, 0) is 0 Å². The van der Waals surface area contributed by atoms with Crippen molar-refractivity contribution < 1.29 is 4.79 Å². The summed E-state index contributed by atoms with van der Waals surface area (Å²) in [6, 6.07) is 10.8. The van der Waals surface area contributed by atoms with E-state index in [1.807, 2.05) is 32.0 Å². The van der Waals surface area contributed by atoms with Gasteiger partial charge in [-0.1, -0.05) is 12.1 Å². The van der Waals surface area contributed by atoms with Gasteiger partial charge in [0.15, 0.2) is 0 Å². The number of rotatable bonds is 3. The minimum Gasteiger partial charge on any atom is -0.398 e. The lowest BCUT2D eigenvalue weighted by atomic mass is 10.1. The monoisotopic (exact) mass is 255 g/mol. The minimum absolute atomic E-state index is 0.136. The van der Waals surface area contributed by atoms with E-state index in [1.165, 1.54) is 0 Å². The van der Waals surface area contributed by atoms with Crippen molar-refractivity contribution in [2.75, 3.05) is 5.73 Å². The van der Waals surface area contributed by atoms with Crippen LogP contribution in [0.2, 0.25) is 0 Å². The molecule has 1 heterocycles. The summed E-state index contributed by atoms with van der Waals surface area (Å²) in [4.78, 5) is 16.4. The van der Waals surface area contributed by atoms with Gasteiger partial charge in [0.05, 0.1) is 11.7 Å². The molecule has 2 aromatic rings. The number of nitrogen functional groups attached to an aromatic ring is 1. The highest BCUT2D eigenvalue weighted by Gasteiger charge is 2.14. The number of nitrogens with one attached hydrogen (secondary N) is 1. The van der Waals surface area contributed by atoms with E-state index in [4.69, 9.17) is 5.73 Å². The number of pyridine rings is 1. The van der Waals surface area contributed by atoms with Crippen molar-refractivity contribution in [1.29, 1.82) is 0 Å². The Bertz CT molecular complexity index is 581. The number of nitrogens with two attached hydrogens (primary N) is 1. The fourth-order valence-electron chi connectivity index (χ4n) is 1.88. The molecule has 0 spiro atoms. The summed E-state index contributed by atoms with van der Waals surface area (Å²) in [6.45, 7) is 3.75. The highest BCUT2D eigenvalue weighted by atomic mass is 16.1. The zero-order chi connectivity index (χ0) is 13.8. The lowest BCUT2D eigenvalue weighted by molar-refractivity contribution is 0.0938. The maximum atomic E-state index is 12.2. The van der Waals surface area contributed by atoms with Crippen molar-refractivity contribution in [3.8, 4) is 0 Å². The van der Waals surface area contributed by atoms with Gasteiger partial charge in [-0.05, 0) is 43.7 Å². The summed E-state index contributed by atoms with van der Waals surface area (Å²) >= 11 is 0. The minimum atomic E-state index is -0.144. The highest BCUT2D eigenvalue weighted by molar-refractivity contribution is 5.97. The fraction of sp³-hybridized carbons (Fsp3) is 0.200. The molecular weight excluding hydrogens is 238 g/mol. The molecule has 0 aliphatic rings. The molecule has 1 aromatic carbocycles. The summed E-state index contributed by atoms with van der Waals surface area (Å²) in [5.74, 6) is -0.136. The zero-order valence-electron chi connectivity index (χ0n) is 11.1. The second-order valence-electron chi connectivity index (χ2n) is 4.47. The summed E-state index contributed by atoms with van der Waals surface area (Å²) in [7, 11) is 0. The van der Waals surface area contributed by atoms with Crippen molar-refractivity contribution >= 4 is 11.6 Å². The van der Waals surface area contributed by atoms with E-state index in [1.54, 1.807) is 24.4 Å². The smallest absolute Gasteiger partial charge is 0.252 e. The molecular formula is C15H17N3O. The summed E-state index contributed by atoms with van der Waals surface area (Å²) in [5, 5.41) is 2.92. The predicted octanol–water partition coefficient (Wildman–Crippen LogP) is 2.46. The van der Waals surface area contributed by atoms with Crippen LogP contribution in [0.3, 0.4) is 0 Å². The van der Waals surface area contributed by atoms with Gasteiger partial charge in [0.25, 0.3) is 5.91 Å². The molecule has 1 unspecified atom stereocenters. The van der Waals surface area contributed by atoms with E-state index in [0.29, 0.717) is 11.3 Å². The van der Waals surface area contributed by atoms with Crippen LogP contribution in [0.15, 0.2) is 42.6 Å². The Morgan fingerprint density at radius 2 is 2.05 bits per heavy atom. The third kappa shape index (κ3) is 2.91. The Labute approximate surface area is 112 Å². The van der Waals surface area contributed by atoms with E-state index in [-0.39, 0.29) is 11.9 Å². The van der Waals surface area contributed by atoms with Gasteiger partial charge in [0.1, 0.15) is 0 Å². The van der Waals surface area contributed by atoms with E-state index >= 15 is 0 Å². The predicted molar refractivity (Wildman–Crippen MR) is 75.7 cm³/mol. The molecule has 0 saturated heterocycles. The van der Waals surface area contributed by atoms with E-state index in [9.17, 15) is 4.79 Å². The summed E-state index contributed by atoms with van der Waals surface area (Å²) in [6.07, 6.45) is 1.71. The van der Waals surface area contributed by atoms with Crippen LogP contribution >= 0.6 is 0 Å². The Morgan fingerprint density at radius 1 is 1.26 bits per heavy atom. The third-order valence-corrected chi connectivity index (χ3v) is 3.10. The van der Waals surface area contributed by atoms with Crippen molar-refractivity contribution in [3.63, 3.8) is 0 Å². The van der Waals surface area contributed by atoms with Crippen LogP contribution in [-0.4, -0.2) is 10.9 Å². The second-order valence-corrected chi connectivity index (χ2v) is 4.47. The molecule has 19 heavy (non-hydrogen) atoms. The van der Waals surface area contributed by atoms with Gasteiger partial charge >= 0.3 is 0 Å². The third-order valence-electron chi connectivity index (χ3n) is 3.10. The number of carbonyl (C=O) groups excluding carboxylic acids is 1. The van der Waals surface area contributed by atoms with Crippen LogP contribution < -0.4 is 11.1 Å². The van der Waals surface area contributed by atoms with E-state index < -0.39 is 0 Å². The first-order valence-corrected chi connectivity index (χ1v) is 6.16. The summed E-state index contributed by atoms with van der Waals surface area (Å²) < 4.78 is 0. The highest BCUT2D eigenvalue weighted by Crippen LogP contribution is 2.17. The number of hydrogen-bond acceptors (Lipinski definition) is 3. The number of amides is 1. The number of benzene rings is 1. The molecule has 0 radical (unpaired) electrons. The first kappa shape index (κ1) is 13.1. The Hall–Kier alpha value is -2.36. The van der Waals surface area contributed by atoms with Gasteiger partial charge in [0.2, 0.25) is 0 Å². The Balaban J connectivity index is 2.16. The van der Waals surface area contributed by atoms with Crippen molar-refractivity contribution in [1.82, 2.24) is 10.3 Å². The number of nitrogens with zero attached hydrogens (tertiary/aromatic N) is 1. The largest absolute Gasteiger partial charge is 0.398 e. The number of hydrogen-bond donors (Lipinski definition) is 2. The standard InChI is InChI=1S/C15H17N3O/c1-10-12(6-5-7-13(10)16)15(19)18-11(2)14-8-3-4-9-17-14/h3-9,11H,16H2,1-2H3,(H,18,19). The number of anilines is 1. The molecule has 0 fully saturated rings. The molecule has 2 rings (SSSR count). The quantitative estimate of drug-likeness (QED) is 0.828. The molecule has 0 aliphatic carbocycles. The number of carbonyl (C=O) groups is 1. The van der Waals surface area contributed by atoms with E-state index in [0.717, 1.165) is 11.3 Å². The van der Waals surface area contributed by atoms with Crippen LogP contribution in [0.1, 0.15) is 34.6 Å². The first-order chi connectivity index (χ1) is 9.09. The van der Waals surface area contributed by atoms with E-state index in [2.05, 4.69) is 10.3 Å². The molecule has 4 heteroatoms. The van der Waals surface area contributed by atoms with Crippen molar-refractivity contribution in [2.24, 2.45) is 0 Å². The maximum absolute atomic E-state index is 12.2. The average Bonchev–Trinajstić information content (AvgIpc) is 2.42. The Morgan fingerprint density at radius 3 is 2.74 bits per heavy atom. The van der Waals surface area contributed by atoms with Gasteiger partial charge in [-0.25, -0.2) is 0 Å². The van der Waals surface area contributed by atoms with Gasteiger partial charge in [0, 0.05) is 17.4 Å². The molecule has 0 bridgehead atoms. The van der Waals surface area contributed by atoms with Gasteiger partial charge in [-0.15, -0.1) is 0 Å². The molecule has 3 N–H and O–H groups in total.